The fraction of sp³-hybridized carbons (Fsp3) is 0.571. The van der Waals surface area contributed by atoms with E-state index in [-0.39, 0.29) is 0 Å². The van der Waals surface area contributed by atoms with E-state index < -0.39 is 0 Å². The normalized spacial score (nSPS) is 11.4. The fourth-order valence-corrected chi connectivity index (χ4v) is 1.66. The van der Waals surface area contributed by atoms with Gasteiger partial charge >= 0.3 is 0 Å². The van der Waals surface area contributed by atoms with Crippen molar-refractivity contribution in [1.29, 1.82) is 0 Å². The molecular weight excluding hydrogens is 182 g/mol. The molecule has 15 heavy (non-hydrogen) atoms. The lowest BCUT2D eigenvalue weighted by Crippen LogP contribution is -2.15. The second kappa shape index (κ2) is 5.32. The molecule has 0 radical (unpaired) electrons. The number of aryl methyl sites for hydroxylation is 1. The highest BCUT2D eigenvalue weighted by molar-refractivity contribution is 5.32. The SMILES string of the molecule is Cc1ccc(C(C)C)cc1CCN(C)C. The van der Waals surface area contributed by atoms with Crippen LogP contribution >= 0.6 is 0 Å². The van der Waals surface area contributed by atoms with E-state index in [4.69, 9.17) is 0 Å². The largest absolute Gasteiger partial charge is 0.309 e. The molecule has 0 bridgehead atoms. The van der Waals surface area contributed by atoms with Gasteiger partial charge in [-0.15, -0.1) is 0 Å². The van der Waals surface area contributed by atoms with Crippen molar-refractivity contribution in [1.82, 2.24) is 4.90 Å². The van der Waals surface area contributed by atoms with Gasteiger partial charge in [0.05, 0.1) is 0 Å². The predicted octanol–water partition coefficient (Wildman–Crippen LogP) is 3.22. The number of likely N-dealkylation sites (N-methyl/N-ethyl adjacent to an activating group) is 1. The van der Waals surface area contributed by atoms with Gasteiger partial charge in [-0.1, -0.05) is 32.0 Å². The maximum absolute atomic E-state index is 2.36. The Labute approximate surface area is 94.1 Å². The van der Waals surface area contributed by atoms with E-state index in [1.807, 2.05) is 0 Å². The molecule has 0 N–H and O–H groups in total. The molecule has 1 aromatic carbocycles. The van der Waals surface area contributed by atoms with Gasteiger partial charge in [0.25, 0.3) is 0 Å². The van der Waals surface area contributed by atoms with Crippen LogP contribution in [0.3, 0.4) is 0 Å². The van der Waals surface area contributed by atoms with Gasteiger partial charge in [-0.05, 0) is 50.0 Å². The molecular formula is C14H23N. The van der Waals surface area contributed by atoms with Gasteiger partial charge in [0, 0.05) is 6.54 Å². The molecule has 0 aromatic heterocycles. The molecule has 0 aliphatic rings. The molecule has 0 aliphatic carbocycles. The Balaban J connectivity index is 2.81. The van der Waals surface area contributed by atoms with E-state index >= 15 is 0 Å². The molecule has 0 saturated heterocycles. The third kappa shape index (κ3) is 3.67. The highest BCUT2D eigenvalue weighted by Gasteiger charge is 2.04. The molecule has 0 unspecified atom stereocenters. The Bertz CT molecular complexity index is 313. The van der Waals surface area contributed by atoms with Crippen molar-refractivity contribution < 1.29 is 0 Å². The van der Waals surface area contributed by atoms with Crippen LogP contribution in [0.2, 0.25) is 0 Å². The summed E-state index contributed by atoms with van der Waals surface area (Å²) >= 11 is 0. The van der Waals surface area contributed by atoms with Crippen LogP contribution in [0, 0.1) is 6.92 Å². The molecule has 0 fully saturated rings. The maximum Gasteiger partial charge on any atom is 0.00158 e. The van der Waals surface area contributed by atoms with Gasteiger partial charge in [-0.25, -0.2) is 0 Å². The van der Waals surface area contributed by atoms with E-state index in [2.05, 4.69) is 58.0 Å². The summed E-state index contributed by atoms with van der Waals surface area (Å²) in [7, 11) is 4.25. The quantitative estimate of drug-likeness (QED) is 0.729. The summed E-state index contributed by atoms with van der Waals surface area (Å²) in [5.74, 6) is 0.628. The van der Waals surface area contributed by atoms with Gasteiger partial charge in [-0.3, -0.25) is 0 Å². The third-order valence-electron chi connectivity index (χ3n) is 2.87. The Hall–Kier alpha value is -0.820. The third-order valence-corrected chi connectivity index (χ3v) is 2.87. The van der Waals surface area contributed by atoms with E-state index in [0.29, 0.717) is 5.92 Å². The zero-order valence-electron chi connectivity index (χ0n) is 10.7. The molecule has 1 aromatic rings. The lowest BCUT2D eigenvalue weighted by atomic mass is 9.96. The summed E-state index contributed by atoms with van der Waals surface area (Å²) in [5.41, 5.74) is 4.37. The van der Waals surface area contributed by atoms with Crippen LogP contribution in [0.1, 0.15) is 36.5 Å². The van der Waals surface area contributed by atoms with Gasteiger partial charge in [0.1, 0.15) is 0 Å². The number of rotatable bonds is 4. The maximum atomic E-state index is 2.36. The Morgan fingerprint density at radius 3 is 2.40 bits per heavy atom. The Morgan fingerprint density at radius 1 is 1.20 bits per heavy atom. The van der Waals surface area contributed by atoms with Crippen molar-refractivity contribution in [3.63, 3.8) is 0 Å². The van der Waals surface area contributed by atoms with Crippen molar-refractivity contribution in [2.75, 3.05) is 20.6 Å². The average Bonchev–Trinajstić information content (AvgIpc) is 2.16. The molecule has 0 atom stereocenters. The molecule has 0 saturated carbocycles. The summed E-state index contributed by atoms with van der Waals surface area (Å²) in [6, 6.07) is 6.86. The van der Waals surface area contributed by atoms with Crippen LogP contribution in [0.5, 0.6) is 0 Å². The van der Waals surface area contributed by atoms with Crippen molar-refractivity contribution in [2.24, 2.45) is 0 Å². The van der Waals surface area contributed by atoms with Crippen molar-refractivity contribution in [3.8, 4) is 0 Å². The minimum atomic E-state index is 0.628. The lowest BCUT2D eigenvalue weighted by Gasteiger charge is -2.14. The van der Waals surface area contributed by atoms with E-state index in [9.17, 15) is 0 Å². The number of hydrogen-bond acceptors (Lipinski definition) is 1. The standard InChI is InChI=1S/C14H23N/c1-11(2)13-7-6-12(3)14(10-13)8-9-15(4)5/h6-7,10-11H,8-9H2,1-5H3. The summed E-state index contributed by atoms with van der Waals surface area (Å²) in [6.07, 6.45) is 1.15. The summed E-state index contributed by atoms with van der Waals surface area (Å²) < 4.78 is 0. The molecule has 0 aliphatic heterocycles. The number of benzene rings is 1. The second-order valence-electron chi connectivity index (χ2n) is 4.89. The van der Waals surface area contributed by atoms with Gasteiger partial charge in [0.2, 0.25) is 0 Å². The highest BCUT2D eigenvalue weighted by Crippen LogP contribution is 2.18. The van der Waals surface area contributed by atoms with Crippen molar-refractivity contribution in [3.05, 3.63) is 34.9 Å². The monoisotopic (exact) mass is 205 g/mol. The highest BCUT2D eigenvalue weighted by atomic mass is 15.0. The van der Waals surface area contributed by atoms with Crippen LogP contribution in [-0.4, -0.2) is 25.5 Å². The molecule has 0 amide bonds. The molecule has 1 rings (SSSR count). The zero-order chi connectivity index (χ0) is 11.4. The van der Waals surface area contributed by atoms with Crippen LogP contribution < -0.4 is 0 Å². The predicted molar refractivity (Wildman–Crippen MR) is 67.5 cm³/mol. The Morgan fingerprint density at radius 2 is 1.87 bits per heavy atom. The van der Waals surface area contributed by atoms with Crippen molar-refractivity contribution >= 4 is 0 Å². The molecule has 1 heteroatoms. The summed E-state index contributed by atoms with van der Waals surface area (Å²) in [4.78, 5) is 2.24. The van der Waals surface area contributed by atoms with Crippen LogP contribution in [0.15, 0.2) is 18.2 Å². The second-order valence-corrected chi connectivity index (χ2v) is 4.89. The summed E-state index contributed by atoms with van der Waals surface area (Å²) in [5, 5.41) is 0. The van der Waals surface area contributed by atoms with E-state index in [0.717, 1.165) is 13.0 Å². The minimum absolute atomic E-state index is 0.628. The first-order chi connectivity index (χ1) is 7.00. The molecule has 0 heterocycles. The van der Waals surface area contributed by atoms with Gasteiger partial charge in [-0.2, -0.15) is 0 Å². The van der Waals surface area contributed by atoms with E-state index in [1.54, 1.807) is 0 Å². The van der Waals surface area contributed by atoms with Crippen LogP contribution in [0.25, 0.3) is 0 Å². The van der Waals surface area contributed by atoms with Gasteiger partial charge in [0.15, 0.2) is 0 Å². The first kappa shape index (κ1) is 12.3. The summed E-state index contributed by atoms with van der Waals surface area (Å²) in [6.45, 7) is 7.83. The fourth-order valence-electron chi connectivity index (χ4n) is 1.66. The molecule has 1 nitrogen and oxygen atoms in total. The first-order valence-electron chi connectivity index (χ1n) is 5.75. The first-order valence-corrected chi connectivity index (χ1v) is 5.75. The lowest BCUT2D eigenvalue weighted by molar-refractivity contribution is 0.413. The smallest absolute Gasteiger partial charge is 0.00158 e. The minimum Gasteiger partial charge on any atom is -0.309 e. The van der Waals surface area contributed by atoms with Crippen LogP contribution in [-0.2, 0) is 6.42 Å². The van der Waals surface area contributed by atoms with Gasteiger partial charge < -0.3 is 4.90 Å². The van der Waals surface area contributed by atoms with Crippen LogP contribution in [0.4, 0.5) is 0 Å². The number of nitrogens with zero attached hydrogens (tertiary/aromatic N) is 1. The molecule has 0 spiro atoms. The number of hydrogen-bond donors (Lipinski definition) is 0. The van der Waals surface area contributed by atoms with Crippen molar-refractivity contribution in [2.45, 2.75) is 33.1 Å². The van der Waals surface area contributed by atoms with E-state index in [1.165, 1.54) is 16.7 Å². The Kier molecular flexibility index (Phi) is 4.34. The average molecular weight is 205 g/mol. The molecule has 84 valence electrons. The zero-order valence-corrected chi connectivity index (χ0v) is 10.7. The topological polar surface area (TPSA) is 3.24 Å².